The van der Waals surface area contributed by atoms with Gasteiger partial charge in [0.05, 0.1) is 10.9 Å². The van der Waals surface area contributed by atoms with Gasteiger partial charge in [-0.15, -0.1) is 11.6 Å². The van der Waals surface area contributed by atoms with Crippen LogP contribution >= 0.6 is 11.6 Å². The molecule has 1 aliphatic rings. The van der Waals surface area contributed by atoms with Crippen LogP contribution in [0.2, 0.25) is 0 Å². The largest absolute Gasteiger partial charge is 0.336 e. The molecule has 1 heterocycles. The van der Waals surface area contributed by atoms with E-state index in [2.05, 4.69) is 0 Å². The molecular weight excluding hydrogens is 198 g/mol. The Morgan fingerprint density at radius 2 is 1.93 bits per heavy atom. The van der Waals surface area contributed by atoms with Crippen LogP contribution in [0.25, 0.3) is 0 Å². The topological polar surface area (TPSA) is 20.3 Å². The van der Waals surface area contributed by atoms with Crippen LogP contribution in [0, 0.1) is 5.41 Å². The number of carbonyl (C=O) groups excluding carboxylic acids is 1. The summed E-state index contributed by atoms with van der Waals surface area (Å²) in [6, 6.07) is 0. The minimum absolute atomic E-state index is 0.0776. The van der Waals surface area contributed by atoms with Crippen LogP contribution in [0.4, 0.5) is 0 Å². The molecule has 0 radical (unpaired) electrons. The average Bonchev–Trinajstić information content (AvgIpc) is 2.25. The molecule has 1 atom stereocenters. The van der Waals surface area contributed by atoms with Gasteiger partial charge in [-0.2, -0.15) is 0 Å². The van der Waals surface area contributed by atoms with E-state index in [4.69, 9.17) is 11.6 Å². The Hall–Kier alpha value is -0.240. The minimum Gasteiger partial charge on any atom is -0.336 e. The van der Waals surface area contributed by atoms with Gasteiger partial charge in [-0.05, 0) is 20.3 Å². The average molecular weight is 218 g/mol. The second-order valence-corrected chi connectivity index (χ2v) is 6.14. The number of halogens is 1. The lowest BCUT2D eigenvalue weighted by Gasteiger charge is -2.37. The Balaban J connectivity index is 2.86. The van der Waals surface area contributed by atoms with E-state index in [0.29, 0.717) is 0 Å². The van der Waals surface area contributed by atoms with Gasteiger partial charge in [0.1, 0.15) is 0 Å². The zero-order chi connectivity index (χ0) is 11.1. The molecule has 82 valence electrons. The van der Waals surface area contributed by atoms with Crippen molar-refractivity contribution in [1.82, 2.24) is 4.90 Å². The predicted octanol–water partition coefficient (Wildman–Crippen LogP) is 2.65. The van der Waals surface area contributed by atoms with Crippen molar-refractivity contribution in [2.75, 3.05) is 6.54 Å². The molecule has 1 fully saturated rings. The van der Waals surface area contributed by atoms with Crippen LogP contribution in [-0.4, -0.2) is 28.3 Å². The Morgan fingerprint density at radius 1 is 1.43 bits per heavy atom. The van der Waals surface area contributed by atoms with Crippen molar-refractivity contribution in [2.24, 2.45) is 5.41 Å². The molecule has 1 amide bonds. The number of likely N-dealkylation sites (tertiary alicyclic amines) is 1. The van der Waals surface area contributed by atoms with Crippen molar-refractivity contribution in [3.63, 3.8) is 0 Å². The van der Waals surface area contributed by atoms with E-state index in [1.165, 1.54) is 0 Å². The first-order chi connectivity index (χ1) is 6.17. The third-order valence-corrected chi connectivity index (χ3v) is 3.71. The van der Waals surface area contributed by atoms with Gasteiger partial charge in [0.2, 0.25) is 5.91 Å². The summed E-state index contributed by atoms with van der Waals surface area (Å²) in [6.07, 6.45) is 0.899. The normalized spacial score (nSPS) is 26.7. The van der Waals surface area contributed by atoms with Gasteiger partial charge in [-0.3, -0.25) is 4.79 Å². The van der Waals surface area contributed by atoms with Crippen LogP contribution in [0.15, 0.2) is 0 Å². The molecule has 0 aromatic carbocycles. The van der Waals surface area contributed by atoms with E-state index in [0.717, 1.165) is 13.0 Å². The highest BCUT2D eigenvalue weighted by molar-refractivity contribution is 6.21. The molecule has 0 saturated carbocycles. The lowest BCUT2D eigenvalue weighted by Crippen LogP contribution is -2.50. The van der Waals surface area contributed by atoms with E-state index in [1.807, 2.05) is 39.5 Å². The molecule has 1 aliphatic heterocycles. The Morgan fingerprint density at radius 3 is 2.21 bits per heavy atom. The van der Waals surface area contributed by atoms with Crippen LogP contribution in [-0.2, 0) is 4.79 Å². The van der Waals surface area contributed by atoms with E-state index in [9.17, 15) is 4.79 Å². The molecule has 0 bridgehead atoms. The van der Waals surface area contributed by atoms with E-state index in [1.54, 1.807) is 0 Å². The number of alkyl halides is 1. The standard InChI is InChI=1S/C11H20ClNO/c1-10(2,3)9(14)13-7-6-8(12)11(13,4)5/h8H,6-7H2,1-5H3. The summed E-state index contributed by atoms with van der Waals surface area (Å²) in [7, 11) is 0. The summed E-state index contributed by atoms with van der Waals surface area (Å²) in [4.78, 5) is 14.0. The zero-order valence-corrected chi connectivity index (χ0v) is 10.5. The summed E-state index contributed by atoms with van der Waals surface area (Å²) >= 11 is 6.20. The fourth-order valence-corrected chi connectivity index (χ4v) is 2.04. The fourth-order valence-electron chi connectivity index (χ4n) is 1.82. The van der Waals surface area contributed by atoms with Crippen molar-refractivity contribution in [3.05, 3.63) is 0 Å². The maximum Gasteiger partial charge on any atom is 0.228 e. The van der Waals surface area contributed by atoms with Crippen molar-refractivity contribution in [3.8, 4) is 0 Å². The smallest absolute Gasteiger partial charge is 0.228 e. The Kier molecular flexibility index (Phi) is 2.88. The fraction of sp³-hybridized carbons (Fsp3) is 0.909. The SMILES string of the molecule is CC(C)(C)C(=O)N1CCC(Cl)C1(C)C. The molecule has 14 heavy (non-hydrogen) atoms. The second kappa shape index (κ2) is 3.41. The van der Waals surface area contributed by atoms with E-state index < -0.39 is 0 Å². The quantitative estimate of drug-likeness (QED) is 0.572. The Labute approximate surface area is 91.6 Å². The molecule has 1 saturated heterocycles. The second-order valence-electron chi connectivity index (χ2n) is 5.62. The third-order valence-electron chi connectivity index (χ3n) is 2.96. The molecule has 2 nitrogen and oxygen atoms in total. The number of amides is 1. The van der Waals surface area contributed by atoms with Crippen LogP contribution in [0.1, 0.15) is 41.0 Å². The first-order valence-electron chi connectivity index (χ1n) is 5.13. The summed E-state index contributed by atoms with van der Waals surface area (Å²) in [5, 5.41) is 0.0776. The van der Waals surface area contributed by atoms with Gasteiger partial charge >= 0.3 is 0 Å². The molecule has 3 heteroatoms. The predicted molar refractivity (Wildman–Crippen MR) is 59.5 cm³/mol. The summed E-state index contributed by atoms with van der Waals surface area (Å²) in [6.45, 7) is 10.7. The van der Waals surface area contributed by atoms with Crippen LogP contribution in [0.5, 0.6) is 0 Å². The van der Waals surface area contributed by atoms with Gasteiger partial charge in [0.15, 0.2) is 0 Å². The maximum absolute atomic E-state index is 12.1. The van der Waals surface area contributed by atoms with Gasteiger partial charge in [0, 0.05) is 12.0 Å². The summed E-state index contributed by atoms with van der Waals surface area (Å²) in [5.41, 5.74) is -0.510. The van der Waals surface area contributed by atoms with E-state index >= 15 is 0 Å². The van der Waals surface area contributed by atoms with Gasteiger partial charge in [-0.1, -0.05) is 20.8 Å². The summed E-state index contributed by atoms with van der Waals surface area (Å²) < 4.78 is 0. The Bertz CT molecular complexity index is 242. The maximum atomic E-state index is 12.1. The van der Waals surface area contributed by atoms with Gasteiger partial charge in [0.25, 0.3) is 0 Å². The summed E-state index contributed by atoms with van der Waals surface area (Å²) in [5.74, 6) is 0.200. The third kappa shape index (κ3) is 1.90. The lowest BCUT2D eigenvalue weighted by molar-refractivity contribution is -0.142. The van der Waals surface area contributed by atoms with Crippen LogP contribution in [0.3, 0.4) is 0 Å². The lowest BCUT2D eigenvalue weighted by atomic mass is 9.92. The van der Waals surface area contributed by atoms with Crippen molar-refractivity contribution < 1.29 is 4.79 Å². The molecular formula is C11H20ClNO. The van der Waals surface area contributed by atoms with Crippen molar-refractivity contribution in [1.29, 1.82) is 0 Å². The molecule has 0 aliphatic carbocycles. The molecule has 0 spiro atoms. The first-order valence-corrected chi connectivity index (χ1v) is 5.57. The van der Waals surface area contributed by atoms with E-state index in [-0.39, 0.29) is 22.2 Å². The molecule has 0 aromatic rings. The highest BCUT2D eigenvalue weighted by Gasteiger charge is 2.45. The molecule has 1 unspecified atom stereocenters. The van der Waals surface area contributed by atoms with Crippen molar-refractivity contribution >= 4 is 17.5 Å². The molecule has 0 N–H and O–H groups in total. The molecule has 1 rings (SSSR count). The van der Waals surface area contributed by atoms with Gasteiger partial charge in [-0.25, -0.2) is 0 Å². The highest BCUT2D eigenvalue weighted by atomic mass is 35.5. The monoisotopic (exact) mass is 217 g/mol. The number of carbonyl (C=O) groups is 1. The minimum atomic E-state index is -0.307. The number of nitrogens with zero attached hydrogens (tertiary/aromatic N) is 1. The van der Waals surface area contributed by atoms with Crippen LogP contribution < -0.4 is 0 Å². The van der Waals surface area contributed by atoms with Crippen molar-refractivity contribution in [2.45, 2.75) is 52.0 Å². The number of rotatable bonds is 0. The van der Waals surface area contributed by atoms with Gasteiger partial charge < -0.3 is 4.90 Å². The number of hydrogen-bond acceptors (Lipinski definition) is 1. The number of hydrogen-bond donors (Lipinski definition) is 0. The molecule has 0 aromatic heterocycles. The highest BCUT2D eigenvalue weighted by Crippen LogP contribution is 2.35. The first kappa shape index (κ1) is 11.8. The zero-order valence-electron chi connectivity index (χ0n) is 9.72.